The fraction of sp³-hybridized carbons (Fsp3) is 0.385. The first-order chi connectivity index (χ1) is 7.33. The molecule has 80 valence electrons. The second-order valence-corrected chi connectivity index (χ2v) is 3.35. The van der Waals surface area contributed by atoms with Gasteiger partial charge in [-0.15, -0.1) is 0 Å². The molecule has 15 heavy (non-hydrogen) atoms. The van der Waals surface area contributed by atoms with Crippen molar-refractivity contribution in [1.82, 2.24) is 4.98 Å². The Balaban J connectivity index is 3.00. The molecule has 0 unspecified atom stereocenters. The topological polar surface area (TPSA) is 25.2 Å². The van der Waals surface area contributed by atoms with Crippen LogP contribution >= 0.6 is 0 Å². The quantitative estimate of drug-likeness (QED) is 0.688. The van der Waals surface area contributed by atoms with E-state index >= 15 is 0 Å². The van der Waals surface area contributed by atoms with E-state index in [4.69, 9.17) is 0 Å². The molecule has 2 heteroatoms. The number of rotatable bonds is 4. The van der Waals surface area contributed by atoms with Crippen molar-refractivity contribution >= 4 is 5.71 Å². The lowest BCUT2D eigenvalue weighted by atomic mass is 10.0. The number of hydrogen-bond acceptors (Lipinski definition) is 2. The van der Waals surface area contributed by atoms with Crippen LogP contribution in [0.2, 0.25) is 0 Å². The summed E-state index contributed by atoms with van der Waals surface area (Å²) in [5.74, 6) is 0. The summed E-state index contributed by atoms with van der Waals surface area (Å²) in [7, 11) is 1.82. The molecule has 0 atom stereocenters. The Labute approximate surface area is 91.8 Å². The molecule has 0 aliphatic heterocycles. The fourth-order valence-corrected chi connectivity index (χ4v) is 1.59. The lowest BCUT2D eigenvalue weighted by Crippen LogP contribution is -2.07. The maximum atomic E-state index is 4.33. The average Bonchev–Trinajstić information content (AvgIpc) is 2.30. The molecule has 0 spiro atoms. The van der Waals surface area contributed by atoms with Gasteiger partial charge < -0.3 is 0 Å². The minimum absolute atomic E-state index is 0.960. The number of aliphatic imine (C=N–C) groups is 1. The summed E-state index contributed by atoms with van der Waals surface area (Å²) in [5, 5.41) is 0. The average molecular weight is 202 g/mol. The third-order valence-corrected chi connectivity index (χ3v) is 2.30. The van der Waals surface area contributed by atoms with E-state index in [1.54, 1.807) is 6.20 Å². The van der Waals surface area contributed by atoms with Crippen molar-refractivity contribution in [3.8, 4) is 0 Å². The molecule has 1 heterocycles. The van der Waals surface area contributed by atoms with Gasteiger partial charge in [0.15, 0.2) is 0 Å². The maximum Gasteiger partial charge on any atom is 0.0884 e. The van der Waals surface area contributed by atoms with Gasteiger partial charge >= 0.3 is 0 Å². The Morgan fingerprint density at radius 1 is 1.47 bits per heavy atom. The van der Waals surface area contributed by atoms with Crippen molar-refractivity contribution in [2.75, 3.05) is 7.05 Å². The molecule has 1 rings (SSSR count). The van der Waals surface area contributed by atoms with Gasteiger partial charge in [0.25, 0.3) is 0 Å². The lowest BCUT2D eigenvalue weighted by Gasteiger charge is -2.08. The van der Waals surface area contributed by atoms with Crippen molar-refractivity contribution in [2.24, 2.45) is 4.99 Å². The summed E-state index contributed by atoms with van der Waals surface area (Å²) >= 11 is 0. The van der Waals surface area contributed by atoms with E-state index in [1.807, 2.05) is 25.2 Å². The Hall–Kier alpha value is -1.44. The van der Waals surface area contributed by atoms with E-state index in [-0.39, 0.29) is 0 Å². The molecule has 0 saturated carbocycles. The van der Waals surface area contributed by atoms with Crippen molar-refractivity contribution in [1.29, 1.82) is 0 Å². The van der Waals surface area contributed by atoms with Crippen molar-refractivity contribution in [3.05, 3.63) is 41.7 Å². The van der Waals surface area contributed by atoms with E-state index in [9.17, 15) is 0 Å². The van der Waals surface area contributed by atoms with E-state index in [0.29, 0.717) is 0 Å². The molecule has 0 saturated heterocycles. The van der Waals surface area contributed by atoms with Gasteiger partial charge in [-0.1, -0.05) is 25.5 Å². The Kier molecular flexibility index (Phi) is 4.75. The summed E-state index contributed by atoms with van der Waals surface area (Å²) in [5.41, 5.74) is 3.25. The highest BCUT2D eigenvalue weighted by Crippen LogP contribution is 2.12. The van der Waals surface area contributed by atoms with Crippen molar-refractivity contribution in [2.45, 2.75) is 26.7 Å². The second kappa shape index (κ2) is 6.12. The van der Waals surface area contributed by atoms with Gasteiger partial charge in [0.1, 0.15) is 0 Å². The van der Waals surface area contributed by atoms with Gasteiger partial charge in [-0.3, -0.25) is 9.98 Å². The van der Waals surface area contributed by atoms with Gasteiger partial charge in [-0.25, -0.2) is 0 Å². The Bertz CT molecular complexity index is 350. The van der Waals surface area contributed by atoms with Gasteiger partial charge in [-0.2, -0.15) is 0 Å². The Morgan fingerprint density at radius 2 is 2.27 bits per heavy atom. The van der Waals surface area contributed by atoms with Crippen LogP contribution in [0.3, 0.4) is 0 Å². The number of hydrogen-bond donors (Lipinski definition) is 0. The third kappa shape index (κ3) is 3.01. The molecule has 2 nitrogen and oxygen atoms in total. The zero-order chi connectivity index (χ0) is 11.1. The van der Waals surface area contributed by atoms with Crippen LogP contribution in [0, 0.1) is 0 Å². The van der Waals surface area contributed by atoms with Gasteiger partial charge in [0.2, 0.25) is 0 Å². The van der Waals surface area contributed by atoms with Crippen LogP contribution < -0.4 is 0 Å². The summed E-state index contributed by atoms with van der Waals surface area (Å²) in [4.78, 5) is 8.66. The minimum Gasteiger partial charge on any atom is -0.286 e. The predicted molar refractivity (Wildman–Crippen MR) is 65.4 cm³/mol. The zero-order valence-electron chi connectivity index (χ0n) is 9.70. The van der Waals surface area contributed by atoms with Crippen molar-refractivity contribution < 1.29 is 0 Å². The molecule has 0 aromatic carbocycles. The monoisotopic (exact) mass is 202 g/mol. The summed E-state index contributed by atoms with van der Waals surface area (Å²) < 4.78 is 0. The maximum absolute atomic E-state index is 4.33. The van der Waals surface area contributed by atoms with Crippen LogP contribution in [0.1, 0.15) is 32.4 Å². The van der Waals surface area contributed by atoms with Crippen LogP contribution in [0.15, 0.2) is 41.0 Å². The molecule has 1 aromatic rings. The molecule has 0 amide bonds. The molecule has 0 fully saturated rings. The smallest absolute Gasteiger partial charge is 0.0884 e. The van der Waals surface area contributed by atoms with Gasteiger partial charge in [0.05, 0.1) is 11.4 Å². The zero-order valence-corrected chi connectivity index (χ0v) is 9.70. The highest BCUT2D eigenvalue weighted by atomic mass is 14.8. The fourth-order valence-electron chi connectivity index (χ4n) is 1.59. The molecule has 0 N–H and O–H groups in total. The van der Waals surface area contributed by atoms with Crippen LogP contribution in [0.4, 0.5) is 0 Å². The second-order valence-electron chi connectivity index (χ2n) is 3.35. The molecule has 0 aliphatic carbocycles. The first kappa shape index (κ1) is 11.6. The molecular formula is C13H18N2. The highest BCUT2D eigenvalue weighted by Gasteiger charge is 2.07. The number of allylic oxidation sites excluding steroid dienone is 2. The number of pyridine rings is 1. The SMILES string of the molecule is C/C=C(\CCC)C(=NC)c1ccccn1. The summed E-state index contributed by atoms with van der Waals surface area (Å²) in [6.45, 7) is 4.23. The highest BCUT2D eigenvalue weighted by molar-refractivity contribution is 6.11. The lowest BCUT2D eigenvalue weighted by molar-refractivity contribution is 0.931. The first-order valence-electron chi connectivity index (χ1n) is 5.37. The first-order valence-corrected chi connectivity index (χ1v) is 5.37. The number of nitrogens with zero attached hydrogens (tertiary/aromatic N) is 2. The van der Waals surface area contributed by atoms with E-state index in [1.165, 1.54) is 5.57 Å². The van der Waals surface area contributed by atoms with Crippen LogP contribution in [0.25, 0.3) is 0 Å². The molecule has 0 radical (unpaired) electrons. The minimum atomic E-state index is 0.960. The van der Waals surface area contributed by atoms with Crippen molar-refractivity contribution in [3.63, 3.8) is 0 Å². The Morgan fingerprint density at radius 3 is 2.73 bits per heavy atom. The summed E-state index contributed by atoms with van der Waals surface area (Å²) in [6, 6.07) is 5.92. The van der Waals surface area contributed by atoms with Crippen LogP contribution in [-0.2, 0) is 0 Å². The molecule has 0 bridgehead atoms. The molecule has 1 aromatic heterocycles. The largest absolute Gasteiger partial charge is 0.286 e. The molecule has 0 aliphatic rings. The third-order valence-electron chi connectivity index (χ3n) is 2.30. The molecular weight excluding hydrogens is 184 g/mol. The normalized spacial score (nSPS) is 13.0. The van der Waals surface area contributed by atoms with Gasteiger partial charge in [-0.05, 0) is 31.1 Å². The van der Waals surface area contributed by atoms with Crippen LogP contribution in [0.5, 0.6) is 0 Å². The van der Waals surface area contributed by atoms with E-state index in [2.05, 4.69) is 29.9 Å². The van der Waals surface area contributed by atoms with E-state index in [0.717, 1.165) is 24.2 Å². The predicted octanol–water partition coefficient (Wildman–Crippen LogP) is 3.25. The van der Waals surface area contributed by atoms with E-state index < -0.39 is 0 Å². The van der Waals surface area contributed by atoms with Crippen LogP contribution in [-0.4, -0.2) is 17.7 Å². The standard InChI is InChI=1S/C13H18N2/c1-4-8-11(5-2)13(14-3)12-9-6-7-10-15-12/h5-7,9-10H,4,8H2,1-3H3/b11-5+,14-13?. The van der Waals surface area contributed by atoms with Gasteiger partial charge in [0, 0.05) is 13.2 Å². The summed E-state index contributed by atoms with van der Waals surface area (Å²) in [6.07, 6.45) is 6.12. The number of aromatic nitrogens is 1.